The Morgan fingerprint density at radius 2 is 2.24 bits per heavy atom. The normalized spacial score (nSPS) is 13.1. The molecule has 0 bridgehead atoms. The molecular weight excluding hydrogens is 264 g/mol. The number of sulfone groups is 1. The highest BCUT2D eigenvalue weighted by molar-refractivity contribution is 7.90. The lowest BCUT2D eigenvalue weighted by Crippen LogP contribution is -2.37. The maximum Gasteiger partial charge on any atom is 0.254 e. The molecule has 0 fully saturated rings. The summed E-state index contributed by atoms with van der Waals surface area (Å²) in [5, 5.41) is 2.83. The van der Waals surface area contributed by atoms with Crippen LogP contribution in [0.15, 0.2) is 18.5 Å². The zero-order chi connectivity index (χ0) is 13.1. The number of nitrogens with zero attached hydrogens (tertiary/aromatic N) is 1. The van der Waals surface area contributed by atoms with Crippen molar-refractivity contribution in [2.45, 2.75) is 13.0 Å². The molecule has 1 amide bonds. The molecule has 0 aromatic carbocycles. The van der Waals surface area contributed by atoms with Gasteiger partial charge in [-0.15, -0.1) is 0 Å². The fraction of sp³-hybridized carbons (Fsp3) is 0.400. The first-order valence-corrected chi connectivity index (χ1v) is 7.31. The molecule has 94 valence electrons. The first kappa shape index (κ1) is 13.9. The molecule has 0 saturated carbocycles. The first-order chi connectivity index (χ1) is 7.79. The van der Waals surface area contributed by atoms with Crippen molar-refractivity contribution in [2.24, 2.45) is 0 Å². The van der Waals surface area contributed by atoms with Crippen molar-refractivity contribution >= 4 is 27.3 Å². The average Bonchev–Trinajstić information content (AvgIpc) is 2.14. The van der Waals surface area contributed by atoms with E-state index >= 15 is 0 Å². The Hall–Kier alpha value is -1.14. The molecule has 5 nitrogen and oxygen atoms in total. The number of hydrogen-bond acceptors (Lipinski definition) is 4. The summed E-state index contributed by atoms with van der Waals surface area (Å²) in [4.78, 5) is 15.5. The highest BCUT2D eigenvalue weighted by Crippen LogP contribution is 2.13. The third-order valence-corrected chi connectivity index (χ3v) is 3.38. The van der Waals surface area contributed by atoms with Crippen LogP contribution >= 0.6 is 11.6 Å². The van der Waals surface area contributed by atoms with Crippen LogP contribution in [0.1, 0.15) is 17.3 Å². The summed E-state index contributed by atoms with van der Waals surface area (Å²) in [6.07, 6.45) is 3.93. The van der Waals surface area contributed by atoms with Crippen LogP contribution in [-0.2, 0) is 9.84 Å². The number of carbonyl (C=O) groups excluding carboxylic acids is 1. The van der Waals surface area contributed by atoms with Crippen LogP contribution in [0.25, 0.3) is 0 Å². The van der Waals surface area contributed by atoms with Gasteiger partial charge in [0.2, 0.25) is 0 Å². The molecule has 0 aliphatic carbocycles. The summed E-state index contributed by atoms with van der Waals surface area (Å²) in [6, 6.07) is 1.02. The topological polar surface area (TPSA) is 76.1 Å². The number of hydrogen-bond donors (Lipinski definition) is 1. The van der Waals surface area contributed by atoms with Crippen LogP contribution in [0.4, 0.5) is 0 Å². The molecule has 1 aromatic rings. The highest BCUT2D eigenvalue weighted by Gasteiger charge is 2.16. The molecule has 0 aliphatic heterocycles. The number of rotatable bonds is 4. The van der Waals surface area contributed by atoms with Crippen molar-refractivity contribution in [2.75, 3.05) is 12.0 Å². The third kappa shape index (κ3) is 4.70. The van der Waals surface area contributed by atoms with Gasteiger partial charge in [-0.3, -0.25) is 9.78 Å². The van der Waals surface area contributed by atoms with Crippen LogP contribution in [0.3, 0.4) is 0 Å². The summed E-state index contributed by atoms with van der Waals surface area (Å²) in [6.45, 7) is 1.61. The third-order valence-electron chi connectivity index (χ3n) is 1.94. The van der Waals surface area contributed by atoms with E-state index in [9.17, 15) is 13.2 Å². The molecule has 1 heterocycles. The standard InChI is InChI=1S/C10H13ClN2O3S/c1-7(6-17(2,15)16)13-10(14)8-5-12-4-3-9(8)11/h3-5,7H,6H2,1-2H3,(H,13,14). The Labute approximate surface area is 105 Å². The van der Waals surface area contributed by atoms with E-state index in [1.807, 2.05) is 0 Å². The van der Waals surface area contributed by atoms with Gasteiger partial charge in [0.25, 0.3) is 5.91 Å². The van der Waals surface area contributed by atoms with Gasteiger partial charge in [0.05, 0.1) is 16.3 Å². The molecular formula is C10H13ClN2O3S. The Kier molecular flexibility index (Phi) is 4.47. The summed E-state index contributed by atoms with van der Waals surface area (Å²) in [5.41, 5.74) is 0.231. The monoisotopic (exact) mass is 276 g/mol. The minimum absolute atomic E-state index is 0.114. The van der Waals surface area contributed by atoms with Gasteiger partial charge in [-0.2, -0.15) is 0 Å². The quantitative estimate of drug-likeness (QED) is 0.886. The minimum atomic E-state index is -3.12. The summed E-state index contributed by atoms with van der Waals surface area (Å²) in [5.74, 6) is -0.546. The molecule has 0 radical (unpaired) electrons. The molecule has 1 rings (SSSR count). The second kappa shape index (κ2) is 5.46. The summed E-state index contributed by atoms with van der Waals surface area (Å²) in [7, 11) is -3.12. The second-order valence-corrected chi connectivity index (χ2v) is 6.41. The van der Waals surface area contributed by atoms with E-state index in [4.69, 9.17) is 11.6 Å². The van der Waals surface area contributed by atoms with Crippen LogP contribution in [0.2, 0.25) is 5.02 Å². The Morgan fingerprint density at radius 1 is 1.59 bits per heavy atom. The number of pyridine rings is 1. The van der Waals surface area contributed by atoms with Gasteiger partial charge < -0.3 is 5.32 Å². The van der Waals surface area contributed by atoms with Crippen LogP contribution in [0.5, 0.6) is 0 Å². The average molecular weight is 277 g/mol. The minimum Gasteiger partial charge on any atom is -0.348 e. The molecule has 0 aliphatic rings. The van der Waals surface area contributed by atoms with Crippen molar-refractivity contribution in [1.29, 1.82) is 0 Å². The molecule has 7 heteroatoms. The number of halogens is 1. The maximum absolute atomic E-state index is 11.7. The van der Waals surface area contributed by atoms with Gasteiger partial charge in [-0.25, -0.2) is 8.42 Å². The lowest BCUT2D eigenvalue weighted by molar-refractivity contribution is 0.0943. The van der Waals surface area contributed by atoms with Gasteiger partial charge in [0, 0.05) is 24.7 Å². The van der Waals surface area contributed by atoms with Crippen molar-refractivity contribution in [3.8, 4) is 0 Å². The van der Waals surface area contributed by atoms with Crippen LogP contribution in [0, 0.1) is 0 Å². The summed E-state index contributed by atoms with van der Waals surface area (Å²) < 4.78 is 22.1. The van der Waals surface area contributed by atoms with E-state index in [-0.39, 0.29) is 16.3 Å². The molecule has 1 unspecified atom stereocenters. The molecule has 1 N–H and O–H groups in total. The maximum atomic E-state index is 11.7. The predicted molar refractivity (Wildman–Crippen MR) is 65.9 cm³/mol. The van der Waals surface area contributed by atoms with E-state index in [0.717, 1.165) is 6.26 Å². The van der Waals surface area contributed by atoms with Gasteiger partial charge in [0.15, 0.2) is 0 Å². The number of amides is 1. The van der Waals surface area contributed by atoms with Crippen LogP contribution < -0.4 is 5.32 Å². The Morgan fingerprint density at radius 3 is 2.76 bits per heavy atom. The van der Waals surface area contributed by atoms with Crippen molar-refractivity contribution < 1.29 is 13.2 Å². The van der Waals surface area contributed by atoms with E-state index in [0.29, 0.717) is 0 Å². The van der Waals surface area contributed by atoms with Crippen molar-refractivity contribution in [1.82, 2.24) is 10.3 Å². The van der Waals surface area contributed by atoms with Crippen LogP contribution in [-0.4, -0.2) is 37.4 Å². The largest absolute Gasteiger partial charge is 0.348 e. The fourth-order valence-corrected chi connectivity index (χ4v) is 2.52. The van der Waals surface area contributed by atoms with E-state index in [1.165, 1.54) is 18.5 Å². The van der Waals surface area contributed by atoms with Crippen molar-refractivity contribution in [3.63, 3.8) is 0 Å². The Bertz CT molecular complexity index is 516. The van der Waals surface area contributed by atoms with Crippen molar-refractivity contribution in [3.05, 3.63) is 29.0 Å². The Balaban J connectivity index is 2.71. The molecule has 1 atom stereocenters. The number of aromatic nitrogens is 1. The second-order valence-electron chi connectivity index (χ2n) is 3.82. The predicted octanol–water partition coefficient (Wildman–Crippen LogP) is 0.898. The zero-order valence-electron chi connectivity index (χ0n) is 9.47. The van der Waals surface area contributed by atoms with E-state index in [1.54, 1.807) is 6.92 Å². The van der Waals surface area contributed by atoms with E-state index < -0.39 is 21.8 Å². The van der Waals surface area contributed by atoms with Gasteiger partial charge in [-0.05, 0) is 13.0 Å². The molecule has 0 spiro atoms. The molecule has 0 saturated heterocycles. The SMILES string of the molecule is CC(CS(C)(=O)=O)NC(=O)c1cnccc1Cl. The lowest BCUT2D eigenvalue weighted by Gasteiger charge is -2.12. The molecule has 17 heavy (non-hydrogen) atoms. The van der Waals surface area contributed by atoms with E-state index in [2.05, 4.69) is 10.3 Å². The first-order valence-electron chi connectivity index (χ1n) is 4.87. The fourth-order valence-electron chi connectivity index (χ4n) is 1.34. The van der Waals surface area contributed by atoms with Gasteiger partial charge in [0.1, 0.15) is 9.84 Å². The summed E-state index contributed by atoms with van der Waals surface area (Å²) >= 11 is 5.82. The van der Waals surface area contributed by atoms with Gasteiger partial charge >= 0.3 is 0 Å². The molecule has 1 aromatic heterocycles. The zero-order valence-corrected chi connectivity index (χ0v) is 11.0. The lowest BCUT2D eigenvalue weighted by atomic mass is 10.2. The van der Waals surface area contributed by atoms with Gasteiger partial charge in [-0.1, -0.05) is 11.6 Å². The number of carbonyl (C=O) groups is 1. The highest BCUT2D eigenvalue weighted by atomic mass is 35.5. The number of nitrogens with one attached hydrogen (secondary N) is 1. The smallest absolute Gasteiger partial charge is 0.254 e.